The summed E-state index contributed by atoms with van der Waals surface area (Å²) in [4.78, 5) is 35.8. The highest BCUT2D eigenvalue weighted by molar-refractivity contribution is 5.95. The molecule has 5 aliphatic rings. The number of nitrogens with one attached hydrogen (secondary N) is 1. The topological polar surface area (TPSA) is 117 Å². The van der Waals surface area contributed by atoms with Crippen molar-refractivity contribution in [3.63, 3.8) is 0 Å². The fraction of sp³-hybridized carbons (Fsp3) is 0.676. The summed E-state index contributed by atoms with van der Waals surface area (Å²) in [5.74, 6) is -0.412. The van der Waals surface area contributed by atoms with E-state index in [4.69, 9.17) is 9.47 Å². The van der Waals surface area contributed by atoms with E-state index in [1.54, 1.807) is 17.0 Å². The second-order valence-corrected chi connectivity index (χ2v) is 15.7. The Morgan fingerprint density at radius 1 is 0.981 bits per heavy atom. The van der Waals surface area contributed by atoms with Crippen LogP contribution in [0.5, 0.6) is 5.75 Å². The average molecular weight is 754 g/mol. The third-order valence-electron chi connectivity index (χ3n) is 11.9. The Morgan fingerprint density at radius 3 is 2.30 bits per heavy atom. The largest absolute Gasteiger partial charge is 0.490 e. The van der Waals surface area contributed by atoms with Crippen LogP contribution in [0, 0.1) is 23.7 Å². The van der Waals surface area contributed by atoms with Crippen molar-refractivity contribution in [1.29, 1.82) is 0 Å². The predicted octanol–water partition coefficient (Wildman–Crippen LogP) is 6.75. The van der Waals surface area contributed by atoms with Crippen molar-refractivity contribution in [1.82, 2.24) is 20.2 Å². The number of anilines is 2. The molecule has 10 nitrogen and oxygen atoms in total. The van der Waals surface area contributed by atoms with Gasteiger partial charge in [-0.25, -0.2) is 9.97 Å². The van der Waals surface area contributed by atoms with Crippen LogP contribution in [0.4, 0.5) is 38.0 Å². The first kappa shape index (κ1) is 37.6. The standard InChI is InChI=1S/C37H45F6N5O5/c38-36(39,40)21-47-7-3-26(4-8-47)53-27-1-2-30-29(17-27)35(5-9-52-10-6-35)20-48(30)34-45-19-28(32(46-34)37(41,42)43)33(51)44-18-25-14-22-11-23(15-25)13-24(12-22)16-31(49)50/h1-2,17,19,22-26H,3-16,18,20-21H2,(H,44,51)(H,49,50). The third-order valence-corrected chi connectivity index (χ3v) is 11.9. The highest BCUT2D eigenvalue weighted by Crippen LogP contribution is 2.50. The fourth-order valence-electron chi connectivity index (χ4n) is 9.65. The van der Waals surface area contributed by atoms with Gasteiger partial charge in [0.1, 0.15) is 11.9 Å². The summed E-state index contributed by atoms with van der Waals surface area (Å²) >= 11 is 0. The summed E-state index contributed by atoms with van der Waals surface area (Å²) < 4.78 is 94.1. The SMILES string of the molecule is O=C(O)CC1CC2CC(CNC(=O)c3cnc(N4CC5(CCOCC5)c5cc(OC6CCN(CC(F)(F)F)CC6)ccc54)nc3C(F)(F)F)CC(C1)C2. The predicted molar refractivity (Wildman–Crippen MR) is 180 cm³/mol. The summed E-state index contributed by atoms with van der Waals surface area (Å²) in [5.41, 5.74) is -0.962. The quantitative estimate of drug-likeness (QED) is 0.269. The summed E-state index contributed by atoms with van der Waals surface area (Å²) in [6.45, 7) is 0.985. The molecule has 16 heteroatoms. The van der Waals surface area contributed by atoms with E-state index in [1.807, 2.05) is 6.07 Å². The van der Waals surface area contributed by atoms with Gasteiger partial charge in [0.25, 0.3) is 5.91 Å². The van der Waals surface area contributed by atoms with Gasteiger partial charge in [0.05, 0.1) is 12.1 Å². The average Bonchev–Trinajstić information content (AvgIpc) is 3.39. The molecular weight excluding hydrogens is 708 g/mol. The number of nitrogens with zero attached hydrogens (tertiary/aromatic N) is 4. The molecule has 2 aromatic rings. The normalized spacial score (nSPS) is 26.3. The number of benzene rings is 1. The van der Waals surface area contributed by atoms with Gasteiger partial charge < -0.3 is 24.8 Å². The Morgan fingerprint density at radius 2 is 1.66 bits per heavy atom. The number of rotatable bonds is 9. The van der Waals surface area contributed by atoms with E-state index in [0.717, 1.165) is 43.9 Å². The minimum atomic E-state index is -4.93. The van der Waals surface area contributed by atoms with Gasteiger partial charge in [0.2, 0.25) is 5.95 Å². The van der Waals surface area contributed by atoms with Gasteiger partial charge >= 0.3 is 18.3 Å². The number of alkyl halides is 6. The number of hydrogen-bond acceptors (Lipinski definition) is 8. The van der Waals surface area contributed by atoms with Crippen molar-refractivity contribution >= 4 is 23.5 Å². The molecule has 2 bridgehead atoms. The molecule has 7 rings (SSSR count). The minimum absolute atomic E-state index is 0.0934. The molecule has 1 amide bonds. The monoisotopic (exact) mass is 753 g/mol. The van der Waals surface area contributed by atoms with Crippen LogP contribution in [-0.2, 0) is 21.1 Å². The van der Waals surface area contributed by atoms with Crippen LogP contribution in [0.25, 0.3) is 0 Å². The molecule has 4 heterocycles. The number of halogens is 6. The molecule has 2 aliphatic carbocycles. The summed E-state index contributed by atoms with van der Waals surface area (Å²) in [5, 5.41) is 11.9. The number of amides is 1. The van der Waals surface area contributed by atoms with Gasteiger partial charge in [0.15, 0.2) is 5.69 Å². The lowest BCUT2D eigenvalue weighted by Gasteiger charge is -2.42. The second kappa shape index (κ2) is 14.9. The van der Waals surface area contributed by atoms with Crippen LogP contribution in [0.15, 0.2) is 24.4 Å². The third kappa shape index (κ3) is 8.68. The Labute approximate surface area is 303 Å². The summed E-state index contributed by atoms with van der Waals surface area (Å²) in [6.07, 6.45) is -2.06. The molecular formula is C37H45F6N5O5. The summed E-state index contributed by atoms with van der Waals surface area (Å²) in [7, 11) is 0. The van der Waals surface area contributed by atoms with Crippen LogP contribution in [0.3, 0.4) is 0 Å². The maximum atomic E-state index is 14.6. The van der Waals surface area contributed by atoms with Crippen molar-refractivity contribution in [2.45, 2.75) is 88.1 Å². The molecule has 1 aromatic heterocycles. The summed E-state index contributed by atoms with van der Waals surface area (Å²) in [6, 6.07) is 5.35. The second-order valence-electron chi connectivity index (χ2n) is 15.7. The van der Waals surface area contributed by atoms with E-state index in [-0.39, 0.29) is 49.9 Å². The lowest BCUT2D eigenvalue weighted by Crippen LogP contribution is -2.42. The van der Waals surface area contributed by atoms with Crippen molar-refractivity contribution in [2.24, 2.45) is 23.7 Å². The number of aromatic nitrogens is 2. The number of fused-ring (bicyclic) bond motifs is 4. The molecule has 2 saturated heterocycles. The zero-order valence-electron chi connectivity index (χ0n) is 29.4. The Kier molecular flexibility index (Phi) is 10.6. The molecule has 2 saturated carbocycles. The fourth-order valence-corrected chi connectivity index (χ4v) is 9.65. The van der Waals surface area contributed by atoms with Crippen LogP contribution >= 0.6 is 0 Å². The highest BCUT2D eigenvalue weighted by atomic mass is 19.4. The first-order valence-electron chi connectivity index (χ1n) is 18.5. The van der Waals surface area contributed by atoms with Gasteiger partial charge in [-0.2, -0.15) is 26.3 Å². The number of hydrogen-bond donors (Lipinski definition) is 2. The molecule has 53 heavy (non-hydrogen) atoms. The molecule has 3 aliphatic heterocycles. The molecule has 290 valence electrons. The lowest BCUT2D eigenvalue weighted by atomic mass is 9.64. The molecule has 0 radical (unpaired) electrons. The number of piperidine rings is 1. The first-order chi connectivity index (χ1) is 25.1. The molecule has 2 N–H and O–H groups in total. The van der Waals surface area contributed by atoms with Crippen LogP contribution in [0.2, 0.25) is 0 Å². The van der Waals surface area contributed by atoms with Gasteiger partial charge in [-0.05, 0) is 105 Å². The Balaban J connectivity index is 1.06. The molecule has 2 atom stereocenters. The van der Waals surface area contributed by atoms with Crippen molar-refractivity contribution in [3.8, 4) is 5.75 Å². The Hall–Kier alpha value is -3.66. The van der Waals surface area contributed by atoms with Gasteiger partial charge in [-0.15, -0.1) is 0 Å². The minimum Gasteiger partial charge on any atom is -0.490 e. The maximum Gasteiger partial charge on any atom is 0.434 e. The van der Waals surface area contributed by atoms with E-state index < -0.39 is 47.4 Å². The van der Waals surface area contributed by atoms with E-state index >= 15 is 0 Å². The van der Waals surface area contributed by atoms with Crippen molar-refractivity contribution in [3.05, 3.63) is 41.2 Å². The van der Waals surface area contributed by atoms with Crippen LogP contribution < -0.4 is 15.0 Å². The smallest absolute Gasteiger partial charge is 0.434 e. The number of likely N-dealkylation sites (tertiary alicyclic amines) is 1. The van der Waals surface area contributed by atoms with E-state index in [9.17, 15) is 41.0 Å². The number of carbonyl (C=O) groups excluding carboxylic acids is 1. The van der Waals surface area contributed by atoms with E-state index in [2.05, 4.69) is 15.3 Å². The zero-order chi connectivity index (χ0) is 37.5. The number of carboxylic acid groups (broad SMARTS) is 1. The molecule has 1 spiro atoms. The first-order valence-corrected chi connectivity index (χ1v) is 18.5. The lowest BCUT2D eigenvalue weighted by molar-refractivity contribution is -0.149. The number of carbonyl (C=O) groups is 2. The Bertz CT molecular complexity index is 1650. The zero-order valence-corrected chi connectivity index (χ0v) is 29.4. The van der Waals surface area contributed by atoms with Crippen molar-refractivity contribution < 1.29 is 50.5 Å². The van der Waals surface area contributed by atoms with Crippen molar-refractivity contribution in [2.75, 3.05) is 50.8 Å². The van der Waals surface area contributed by atoms with E-state index in [0.29, 0.717) is 68.7 Å². The number of ether oxygens (including phenoxy) is 2. The molecule has 1 aromatic carbocycles. The maximum absolute atomic E-state index is 14.6. The van der Waals surface area contributed by atoms with Gasteiger partial charge in [-0.1, -0.05) is 0 Å². The van der Waals surface area contributed by atoms with Gasteiger partial charge in [0, 0.05) is 63.1 Å². The molecule has 4 fully saturated rings. The van der Waals surface area contributed by atoms with E-state index in [1.165, 1.54) is 4.90 Å². The molecule has 2 unspecified atom stereocenters. The van der Waals surface area contributed by atoms with Crippen LogP contribution in [0.1, 0.15) is 85.8 Å². The van der Waals surface area contributed by atoms with Gasteiger partial charge in [-0.3, -0.25) is 14.5 Å². The van der Waals surface area contributed by atoms with Crippen LogP contribution in [-0.4, -0.2) is 90.1 Å². The highest BCUT2D eigenvalue weighted by Gasteiger charge is 2.47. The number of aliphatic carboxylic acids is 1. The number of carboxylic acids is 1.